The molecule has 13 aromatic rings. The molecule has 4 heterocycles. The van der Waals surface area contributed by atoms with Gasteiger partial charge in [-0.15, -0.1) is 0 Å². The summed E-state index contributed by atoms with van der Waals surface area (Å²) in [4.78, 5) is 16.2. The third-order valence-electron chi connectivity index (χ3n) is 12.5. The van der Waals surface area contributed by atoms with Gasteiger partial charge in [-0.2, -0.15) is 0 Å². The van der Waals surface area contributed by atoms with Crippen molar-refractivity contribution in [3.8, 4) is 33.9 Å². The molecule has 0 aliphatic rings. The Kier molecular flexibility index (Phi) is 7.54. The normalized spacial score (nSPS) is 11.9. The number of nitrogens with zero attached hydrogens (tertiary/aromatic N) is 5. The second kappa shape index (κ2) is 13.6. The first-order valence-electron chi connectivity index (χ1n) is 21.0. The summed E-state index contributed by atoms with van der Waals surface area (Å²) in [5.74, 6) is 0.614. The molecule has 0 amide bonds. The molecule has 13 rings (SSSR count). The van der Waals surface area contributed by atoms with Crippen LogP contribution in [0.2, 0.25) is 0 Å². The molecule has 0 saturated carbocycles. The van der Waals surface area contributed by atoms with Crippen molar-refractivity contribution in [1.82, 2.24) is 24.1 Å². The van der Waals surface area contributed by atoms with Crippen molar-refractivity contribution in [2.45, 2.75) is 0 Å². The van der Waals surface area contributed by atoms with Crippen molar-refractivity contribution in [3.63, 3.8) is 0 Å². The maximum Gasteiger partial charge on any atom is 0.166 e. The second-order valence-corrected chi connectivity index (χ2v) is 16.0. The van der Waals surface area contributed by atoms with Gasteiger partial charge in [-0.3, -0.25) is 0 Å². The van der Waals surface area contributed by atoms with Crippen molar-refractivity contribution >= 4 is 87.2 Å². The molecule has 0 radical (unpaired) electrons. The lowest BCUT2D eigenvalue weighted by Crippen LogP contribution is -2.01. The number of para-hydroxylation sites is 4. The van der Waals surface area contributed by atoms with Crippen LogP contribution < -0.4 is 0 Å². The molecule has 0 N–H and O–H groups in total. The standard InChI is InChI=1S/C57H35N5/c1-3-17-36(18-4-1)37-31-32-44-42-23-11-15-29-51(42)62(53(44)35-37)52-30-16-13-27-47(52)57-59-55-45-25-9-7-21-40(45)38-33-48(41-22-8-10-26-46(41)56(58-55)60-57)54-49(34-38)43-24-12-14-28-50(43)61(54)39-19-5-2-6-20-39/h1-35H. The Morgan fingerprint density at radius 3 is 1.55 bits per heavy atom. The molecule has 0 aliphatic carbocycles. The van der Waals surface area contributed by atoms with Crippen molar-refractivity contribution in [3.05, 3.63) is 212 Å². The van der Waals surface area contributed by atoms with Gasteiger partial charge in [-0.1, -0.05) is 158 Å². The smallest absolute Gasteiger partial charge is 0.166 e. The topological polar surface area (TPSA) is 48.5 Å². The molecule has 62 heavy (non-hydrogen) atoms. The van der Waals surface area contributed by atoms with Crippen molar-refractivity contribution in [2.75, 3.05) is 0 Å². The van der Waals surface area contributed by atoms with Crippen molar-refractivity contribution < 1.29 is 0 Å². The molecule has 4 aromatic heterocycles. The van der Waals surface area contributed by atoms with Crippen molar-refractivity contribution in [1.29, 1.82) is 0 Å². The lowest BCUT2D eigenvalue weighted by atomic mass is 10.00. The minimum Gasteiger partial charge on any atom is -0.309 e. The Hall–Kier alpha value is -8.41. The highest BCUT2D eigenvalue weighted by Gasteiger charge is 2.20. The summed E-state index contributed by atoms with van der Waals surface area (Å²) in [6.45, 7) is 0. The summed E-state index contributed by atoms with van der Waals surface area (Å²) < 4.78 is 4.79. The summed E-state index contributed by atoms with van der Waals surface area (Å²) in [6.07, 6.45) is 0. The van der Waals surface area contributed by atoms with E-state index < -0.39 is 0 Å². The molecule has 9 aromatic carbocycles. The Morgan fingerprint density at radius 2 is 0.823 bits per heavy atom. The zero-order valence-corrected chi connectivity index (χ0v) is 33.4. The Bertz CT molecular complexity index is 3980. The van der Waals surface area contributed by atoms with E-state index in [2.05, 4.69) is 221 Å². The highest BCUT2D eigenvalue weighted by atomic mass is 15.0. The molecule has 0 unspecified atom stereocenters. The molecular formula is C57H35N5. The minimum atomic E-state index is 0.614. The van der Waals surface area contributed by atoms with E-state index >= 15 is 0 Å². The summed E-state index contributed by atoms with van der Waals surface area (Å²) in [5, 5.41) is 11.0. The number of hydrogen-bond donors (Lipinski definition) is 0. The Morgan fingerprint density at radius 1 is 0.306 bits per heavy atom. The summed E-state index contributed by atoms with van der Waals surface area (Å²) >= 11 is 0. The molecule has 0 atom stereocenters. The van der Waals surface area contributed by atoms with Crippen LogP contribution in [0.3, 0.4) is 0 Å². The predicted octanol–water partition coefficient (Wildman–Crippen LogP) is 14.6. The van der Waals surface area contributed by atoms with Crippen LogP contribution in [0.5, 0.6) is 0 Å². The van der Waals surface area contributed by atoms with Crippen LogP contribution in [0.15, 0.2) is 212 Å². The number of hydrogen-bond acceptors (Lipinski definition) is 3. The molecule has 0 saturated heterocycles. The fourth-order valence-electron chi connectivity index (χ4n) is 9.78. The van der Waals surface area contributed by atoms with E-state index in [-0.39, 0.29) is 0 Å². The van der Waals surface area contributed by atoms with Gasteiger partial charge in [-0.25, -0.2) is 15.0 Å². The fourth-order valence-corrected chi connectivity index (χ4v) is 9.78. The molecule has 5 heteroatoms. The zero-order chi connectivity index (χ0) is 40.7. The molecular weight excluding hydrogens is 755 g/mol. The SMILES string of the molecule is c1ccc(-c2ccc3c4ccccc4n(-c4ccccc4-c4nc5nc(n4)c4ccccc4c4cc(cc6c7ccccc7n(-c7ccccc7)c46)c4ccccc54)c3c2)cc1. The summed E-state index contributed by atoms with van der Waals surface area (Å²) in [7, 11) is 0. The van der Waals surface area contributed by atoms with E-state index in [0.29, 0.717) is 17.1 Å². The van der Waals surface area contributed by atoms with Crippen LogP contribution in [0.4, 0.5) is 0 Å². The lowest BCUT2D eigenvalue weighted by molar-refractivity contribution is 1.14. The predicted molar refractivity (Wildman–Crippen MR) is 258 cm³/mol. The van der Waals surface area contributed by atoms with Gasteiger partial charge in [0.25, 0.3) is 0 Å². The van der Waals surface area contributed by atoms with Gasteiger partial charge in [-0.05, 0) is 81.9 Å². The Balaban J connectivity index is 1.17. The lowest BCUT2D eigenvalue weighted by Gasteiger charge is -2.14. The number of rotatable bonds is 4. The van der Waals surface area contributed by atoms with E-state index in [1.54, 1.807) is 0 Å². The van der Waals surface area contributed by atoms with Gasteiger partial charge in [0.15, 0.2) is 17.1 Å². The largest absolute Gasteiger partial charge is 0.309 e. The Labute approximate surface area is 356 Å². The van der Waals surface area contributed by atoms with Gasteiger partial charge in [0.05, 0.1) is 27.8 Å². The zero-order valence-electron chi connectivity index (χ0n) is 33.4. The first-order valence-corrected chi connectivity index (χ1v) is 21.0. The van der Waals surface area contributed by atoms with E-state index in [1.807, 2.05) is 0 Å². The molecule has 0 fully saturated rings. The van der Waals surface area contributed by atoms with Crippen LogP contribution >= 0.6 is 0 Å². The second-order valence-electron chi connectivity index (χ2n) is 16.0. The highest BCUT2D eigenvalue weighted by Crippen LogP contribution is 2.41. The van der Waals surface area contributed by atoms with Crippen LogP contribution in [0.25, 0.3) is 121 Å². The molecule has 288 valence electrons. The van der Waals surface area contributed by atoms with Gasteiger partial charge >= 0.3 is 0 Å². The van der Waals surface area contributed by atoms with Gasteiger partial charge in [0, 0.05) is 49.0 Å². The van der Waals surface area contributed by atoms with Crippen molar-refractivity contribution in [2.24, 2.45) is 0 Å². The number of fused-ring (bicyclic) bond motifs is 17. The van der Waals surface area contributed by atoms with E-state index in [1.165, 1.54) is 27.1 Å². The average Bonchev–Trinajstić information content (AvgIpc) is 3.86. The third-order valence-corrected chi connectivity index (χ3v) is 12.5. The van der Waals surface area contributed by atoms with Crippen LogP contribution in [-0.4, -0.2) is 24.1 Å². The molecule has 0 aliphatic heterocycles. The van der Waals surface area contributed by atoms with Gasteiger partial charge < -0.3 is 9.13 Å². The van der Waals surface area contributed by atoms with E-state index in [4.69, 9.17) is 15.0 Å². The van der Waals surface area contributed by atoms with Gasteiger partial charge in [0.2, 0.25) is 0 Å². The third kappa shape index (κ3) is 5.18. The summed E-state index contributed by atoms with van der Waals surface area (Å²) in [6, 6.07) is 75.8. The fraction of sp³-hybridized carbons (Fsp3) is 0. The number of aromatic nitrogens is 5. The first-order chi connectivity index (χ1) is 30.8. The van der Waals surface area contributed by atoms with Gasteiger partial charge in [0.1, 0.15) is 0 Å². The molecule has 5 nitrogen and oxygen atoms in total. The average molecular weight is 790 g/mol. The van der Waals surface area contributed by atoms with E-state index in [9.17, 15) is 0 Å². The maximum atomic E-state index is 5.46. The molecule has 0 spiro atoms. The maximum absolute atomic E-state index is 5.46. The summed E-state index contributed by atoms with van der Waals surface area (Å²) in [5.41, 5.74) is 11.2. The van der Waals surface area contributed by atoms with E-state index in [0.717, 1.165) is 76.9 Å². The quantitative estimate of drug-likeness (QED) is 0.178. The highest BCUT2D eigenvalue weighted by molar-refractivity contribution is 6.24. The monoisotopic (exact) mass is 789 g/mol. The minimum absolute atomic E-state index is 0.614. The molecule has 4 bridgehead atoms. The number of benzene rings is 9. The van der Waals surface area contributed by atoms with Crippen LogP contribution in [0, 0.1) is 0 Å². The van der Waals surface area contributed by atoms with Crippen LogP contribution in [-0.2, 0) is 0 Å². The van der Waals surface area contributed by atoms with Crippen LogP contribution in [0.1, 0.15) is 0 Å². The first kappa shape index (κ1) is 34.5.